The van der Waals surface area contributed by atoms with E-state index < -0.39 is 0 Å². The van der Waals surface area contributed by atoms with Crippen LogP contribution in [0.15, 0.2) is 42.6 Å². The minimum absolute atomic E-state index is 0.885. The van der Waals surface area contributed by atoms with Crippen molar-refractivity contribution >= 4 is 27.2 Å². The van der Waals surface area contributed by atoms with Crippen LogP contribution in [-0.4, -0.2) is 19.1 Å². The van der Waals surface area contributed by atoms with Crippen molar-refractivity contribution in [1.29, 1.82) is 0 Å². The minimum Gasteiger partial charge on any atom is -0.497 e. The van der Waals surface area contributed by atoms with Crippen molar-refractivity contribution in [3.05, 3.63) is 42.6 Å². The van der Waals surface area contributed by atoms with Crippen LogP contribution in [0.2, 0.25) is 0 Å². The third-order valence-corrected chi connectivity index (χ3v) is 4.12. The first-order valence-electron chi connectivity index (χ1n) is 6.02. The van der Waals surface area contributed by atoms with E-state index in [2.05, 4.69) is 34.6 Å². The third kappa shape index (κ3) is 2.27. The molecule has 0 unspecified atom stereocenters. The average Bonchev–Trinajstić information content (AvgIpc) is 2.95. The summed E-state index contributed by atoms with van der Waals surface area (Å²) in [5, 5.41) is 6.38. The number of anilines is 1. The summed E-state index contributed by atoms with van der Waals surface area (Å²) in [6.07, 6.45) is 1.90. The summed E-state index contributed by atoms with van der Waals surface area (Å²) in [5.41, 5.74) is 1.19. The van der Waals surface area contributed by atoms with E-state index in [1.54, 1.807) is 18.4 Å². The molecule has 3 aromatic rings. The molecule has 1 aromatic heterocycles. The molecule has 0 aliphatic rings. The lowest BCUT2D eigenvalue weighted by molar-refractivity contribution is 0.415. The van der Waals surface area contributed by atoms with Gasteiger partial charge in [0.15, 0.2) is 5.13 Å². The topological polar surface area (TPSA) is 34.2 Å². The van der Waals surface area contributed by atoms with Gasteiger partial charge in [-0.05, 0) is 34.5 Å². The first-order valence-corrected chi connectivity index (χ1v) is 6.83. The molecule has 0 spiro atoms. The Bertz CT molecular complexity index is 721. The van der Waals surface area contributed by atoms with Gasteiger partial charge in [-0.25, -0.2) is 4.98 Å². The molecule has 0 fully saturated rings. The second-order valence-corrected chi connectivity index (χ2v) is 5.24. The quantitative estimate of drug-likeness (QED) is 0.780. The molecule has 0 radical (unpaired) electrons. The van der Waals surface area contributed by atoms with Gasteiger partial charge in [0, 0.05) is 13.2 Å². The molecule has 1 heterocycles. The molecule has 0 atom stereocenters. The SMILES string of the molecule is CNc1ncc(-c2ccc3cc(OC)ccc3c2)s1. The van der Waals surface area contributed by atoms with E-state index >= 15 is 0 Å². The summed E-state index contributed by atoms with van der Waals surface area (Å²) in [4.78, 5) is 5.47. The molecule has 0 aliphatic heterocycles. The van der Waals surface area contributed by atoms with E-state index in [1.165, 1.54) is 21.2 Å². The van der Waals surface area contributed by atoms with Gasteiger partial charge in [0.2, 0.25) is 0 Å². The normalized spacial score (nSPS) is 10.6. The van der Waals surface area contributed by atoms with Crippen LogP contribution >= 0.6 is 11.3 Å². The number of hydrogen-bond acceptors (Lipinski definition) is 4. The Morgan fingerprint density at radius 3 is 2.63 bits per heavy atom. The minimum atomic E-state index is 0.885. The van der Waals surface area contributed by atoms with Crippen molar-refractivity contribution in [3.8, 4) is 16.2 Å². The van der Waals surface area contributed by atoms with Gasteiger partial charge in [-0.1, -0.05) is 29.5 Å². The zero-order valence-electron chi connectivity index (χ0n) is 10.8. The van der Waals surface area contributed by atoms with Crippen LogP contribution in [-0.2, 0) is 0 Å². The zero-order valence-corrected chi connectivity index (χ0v) is 11.6. The predicted octanol–water partition coefficient (Wildman–Crippen LogP) is 4.01. The van der Waals surface area contributed by atoms with Crippen molar-refractivity contribution < 1.29 is 4.74 Å². The first-order chi connectivity index (χ1) is 9.30. The monoisotopic (exact) mass is 270 g/mol. The molecule has 96 valence electrons. The number of rotatable bonds is 3. The molecule has 3 nitrogen and oxygen atoms in total. The number of benzene rings is 2. The van der Waals surface area contributed by atoms with Crippen molar-refractivity contribution in [2.45, 2.75) is 0 Å². The number of aromatic nitrogens is 1. The number of methoxy groups -OCH3 is 1. The van der Waals surface area contributed by atoms with Gasteiger partial charge in [-0.2, -0.15) is 0 Å². The highest BCUT2D eigenvalue weighted by Crippen LogP contribution is 2.31. The zero-order chi connectivity index (χ0) is 13.2. The van der Waals surface area contributed by atoms with Crippen LogP contribution < -0.4 is 10.1 Å². The largest absolute Gasteiger partial charge is 0.497 e. The summed E-state index contributed by atoms with van der Waals surface area (Å²) in [6, 6.07) is 12.5. The molecule has 0 saturated carbocycles. The number of nitrogens with zero attached hydrogens (tertiary/aromatic N) is 1. The molecule has 0 amide bonds. The van der Waals surface area contributed by atoms with Gasteiger partial charge in [-0.3, -0.25) is 0 Å². The summed E-state index contributed by atoms with van der Waals surface area (Å²) >= 11 is 1.66. The van der Waals surface area contributed by atoms with Crippen molar-refractivity contribution in [1.82, 2.24) is 4.98 Å². The number of thiazole rings is 1. The molecule has 4 heteroatoms. The van der Waals surface area contributed by atoms with Gasteiger partial charge in [0.1, 0.15) is 5.75 Å². The Morgan fingerprint density at radius 2 is 1.89 bits per heavy atom. The lowest BCUT2D eigenvalue weighted by Gasteiger charge is -2.04. The number of fused-ring (bicyclic) bond motifs is 1. The van der Waals surface area contributed by atoms with E-state index in [1.807, 2.05) is 25.4 Å². The van der Waals surface area contributed by atoms with Crippen molar-refractivity contribution in [2.24, 2.45) is 0 Å². The lowest BCUT2D eigenvalue weighted by Crippen LogP contribution is -1.83. The molecule has 1 N–H and O–H groups in total. The van der Waals surface area contributed by atoms with Gasteiger partial charge in [-0.15, -0.1) is 0 Å². The predicted molar refractivity (Wildman–Crippen MR) is 81.2 cm³/mol. The highest BCUT2D eigenvalue weighted by atomic mass is 32.1. The number of hydrogen-bond donors (Lipinski definition) is 1. The third-order valence-electron chi connectivity index (χ3n) is 3.05. The van der Waals surface area contributed by atoms with E-state index in [0.717, 1.165) is 10.9 Å². The van der Waals surface area contributed by atoms with E-state index in [9.17, 15) is 0 Å². The molecular formula is C15H14N2OS. The fourth-order valence-corrected chi connectivity index (χ4v) is 2.79. The molecule has 2 aromatic carbocycles. The summed E-state index contributed by atoms with van der Waals surface area (Å²) in [5.74, 6) is 0.885. The van der Waals surface area contributed by atoms with Crippen LogP contribution in [0.3, 0.4) is 0 Å². The average molecular weight is 270 g/mol. The van der Waals surface area contributed by atoms with Crippen LogP contribution in [0.1, 0.15) is 0 Å². The highest BCUT2D eigenvalue weighted by Gasteiger charge is 2.05. The Hall–Kier alpha value is -2.07. The second-order valence-electron chi connectivity index (χ2n) is 4.21. The van der Waals surface area contributed by atoms with Crippen LogP contribution in [0.4, 0.5) is 5.13 Å². The molecule has 19 heavy (non-hydrogen) atoms. The Labute approximate surface area is 115 Å². The number of ether oxygens (including phenoxy) is 1. The van der Waals surface area contributed by atoms with Crippen LogP contribution in [0.25, 0.3) is 21.2 Å². The van der Waals surface area contributed by atoms with E-state index in [0.29, 0.717) is 0 Å². The van der Waals surface area contributed by atoms with E-state index in [4.69, 9.17) is 4.74 Å². The summed E-state index contributed by atoms with van der Waals surface area (Å²) < 4.78 is 5.24. The number of nitrogens with one attached hydrogen (secondary N) is 1. The van der Waals surface area contributed by atoms with Gasteiger partial charge in [0.25, 0.3) is 0 Å². The van der Waals surface area contributed by atoms with Gasteiger partial charge in [0.05, 0.1) is 12.0 Å². The molecular weight excluding hydrogens is 256 g/mol. The maximum atomic E-state index is 5.24. The molecule has 0 bridgehead atoms. The Kier molecular flexibility index (Phi) is 3.09. The smallest absolute Gasteiger partial charge is 0.182 e. The molecule has 0 saturated heterocycles. The summed E-state index contributed by atoms with van der Waals surface area (Å²) in [6.45, 7) is 0. The maximum absolute atomic E-state index is 5.24. The second kappa shape index (κ2) is 4.90. The lowest BCUT2D eigenvalue weighted by atomic mass is 10.1. The fraction of sp³-hybridized carbons (Fsp3) is 0.133. The van der Waals surface area contributed by atoms with Gasteiger partial charge >= 0.3 is 0 Å². The fourth-order valence-electron chi connectivity index (χ4n) is 2.03. The van der Waals surface area contributed by atoms with Crippen molar-refractivity contribution in [3.63, 3.8) is 0 Å². The van der Waals surface area contributed by atoms with E-state index in [-0.39, 0.29) is 0 Å². The Balaban J connectivity index is 2.06. The van der Waals surface area contributed by atoms with Gasteiger partial charge < -0.3 is 10.1 Å². The Morgan fingerprint density at radius 1 is 1.11 bits per heavy atom. The highest BCUT2D eigenvalue weighted by molar-refractivity contribution is 7.18. The summed E-state index contributed by atoms with van der Waals surface area (Å²) in [7, 11) is 3.57. The van der Waals surface area contributed by atoms with Crippen LogP contribution in [0.5, 0.6) is 5.75 Å². The standard InChI is InChI=1S/C15H14N2OS/c1-16-15-17-9-14(19-15)12-4-3-11-8-13(18-2)6-5-10(11)7-12/h3-9H,1-2H3,(H,16,17). The molecule has 0 aliphatic carbocycles. The van der Waals surface area contributed by atoms with Crippen LogP contribution in [0, 0.1) is 0 Å². The van der Waals surface area contributed by atoms with Crippen molar-refractivity contribution in [2.75, 3.05) is 19.5 Å². The first kappa shape index (κ1) is 12.0. The maximum Gasteiger partial charge on any atom is 0.182 e. The molecule has 3 rings (SSSR count).